The zero-order valence-electron chi connectivity index (χ0n) is 10.8. The number of hydrogen-bond donors (Lipinski definition) is 0. The van der Waals surface area contributed by atoms with Crippen LogP contribution in [-0.2, 0) is 0 Å². The number of nitrogens with zero attached hydrogens (tertiary/aromatic N) is 4. The molecule has 3 aromatic rings. The van der Waals surface area contributed by atoms with Gasteiger partial charge in [-0.05, 0) is 40.8 Å². The minimum Gasteiger partial charge on any atom is -0.206 e. The van der Waals surface area contributed by atoms with Gasteiger partial charge in [0.2, 0.25) is 0 Å². The Hall–Kier alpha value is -2.89. The number of tetrazole rings is 1. The molecule has 0 spiro atoms. The smallest absolute Gasteiger partial charge is 0.180 e. The molecule has 0 aliphatic heterocycles. The lowest BCUT2D eigenvalue weighted by Crippen LogP contribution is -2.02. The summed E-state index contributed by atoms with van der Waals surface area (Å²) in [5.41, 5.74) is 0.635. The maximum Gasteiger partial charge on any atom is 0.180 e. The minimum atomic E-state index is -0.439. The normalized spacial score (nSPS) is 11.1. The van der Waals surface area contributed by atoms with Crippen LogP contribution >= 0.6 is 0 Å². The molecule has 2 aromatic carbocycles. The van der Waals surface area contributed by atoms with Crippen molar-refractivity contribution in [1.82, 2.24) is 20.2 Å². The minimum absolute atomic E-state index is 0.232. The van der Waals surface area contributed by atoms with E-state index in [9.17, 15) is 8.78 Å². The molecule has 0 atom stereocenters. The zero-order chi connectivity index (χ0) is 14.7. The number of aromatic nitrogens is 4. The highest BCUT2D eigenvalue weighted by Crippen LogP contribution is 2.15. The first-order valence-corrected chi connectivity index (χ1v) is 6.21. The van der Waals surface area contributed by atoms with E-state index in [1.165, 1.54) is 22.9 Å². The van der Waals surface area contributed by atoms with Crippen molar-refractivity contribution < 1.29 is 8.78 Å². The molecular weight excluding hydrogens is 274 g/mol. The Bertz CT molecular complexity index is 796. The summed E-state index contributed by atoms with van der Waals surface area (Å²) in [6.45, 7) is 0. The molecule has 0 amide bonds. The number of hydrogen-bond acceptors (Lipinski definition) is 3. The Balaban J connectivity index is 1.97. The van der Waals surface area contributed by atoms with Gasteiger partial charge in [-0.1, -0.05) is 30.3 Å². The Morgan fingerprint density at radius 3 is 2.33 bits per heavy atom. The zero-order valence-corrected chi connectivity index (χ0v) is 10.8. The molecule has 1 heterocycles. The van der Waals surface area contributed by atoms with E-state index in [1.807, 2.05) is 0 Å². The molecule has 104 valence electrons. The third-order valence-corrected chi connectivity index (χ3v) is 2.89. The van der Waals surface area contributed by atoms with Gasteiger partial charge in [0.05, 0.1) is 0 Å². The standard InChI is InChI=1S/C15H10F2N4/c16-12-6-2-1-5-11(12)9-10-15-18-19-20-21(15)14-8-4-3-7-13(14)17/h1-10H/b10-9+. The highest BCUT2D eigenvalue weighted by molar-refractivity contribution is 5.67. The van der Waals surface area contributed by atoms with Crippen LogP contribution in [0.15, 0.2) is 48.5 Å². The average Bonchev–Trinajstić information content (AvgIpc) is 2.95. The van der Waals surface area contributed by atoms with Crippen molar-refractivity contribution in [3.63, 3.8) is 0 Å². The molecule has 0 fully saturated rings. The van der Waals surface area contributed by atoms with Crippen LogP contribution in [-0.4, -0.2) is 20.2 Å². The van der Waals surface area contributed by atoms with E-state index in [0.717, 1.165) is 0 Å². The molecule has 0 aliphatic rings. The van der Waals surface area contributed by atoms with Crippen LogP contribution < -0.4 is 0 Å². The molecular formula is C15H10F2N4. The third kappa shape index (κ3) is 2.69. The van der Waals surface area contributed by atoms with Gasteiger partial charge in [0.25, 0.3) is 0 Å². The number of para-hydroxylation sites is 1. The van der Waals surface area contributed by atoms with E-state index in [-0.39, 0.29) is 11.5 Å². The molecule has 0 N–H and O–H groups in total. The molecule has 0 unspecified atom stereocenters. The first-order chi connectivity index (χ1) is 10.3. The molecule has 0 aliphatic carbocycles. The van der Waals surface area contributed by atoms with Crippen molar-refractivity contribution in [2.75, 3.05) is 0 Å². The molecule has 0 radical (unpaired) electrons. The molecule has 0 bridgehead atoms. The molecule has 0 saturated carbocycles. The van der Waals surface area contributed by atoms with Gasteiger partial charge >= 0.3 is 0 Å². The van der Waals surface area contributed by atoms with Crippen LogP contribution in [0.3, 0.4) is 0 Å². The van der Waals surface area contributed by atoms with Gasteiger partial charge in [0.1, 0.15) is 17.3 Å². The van der Waals surface area contributed by atoms with Gasteiger partial charge in [-0.2, -0.15) is 4.68 Å². The first kappa shape index (κ1) is 13.1. The summed E-state index contributed by atoms with van der Waals surface area (Å²) < 4.78 is 28.6. The van der Waals surface area contributed by atoms with Gasteiger partial charge in [-0.3, -0.25) is 0 Å². The van der Waals surface area contributed by atoms with E-state index in [0.29, 0.717) is 11.4 Å². The fourth-order valence-corrected chi connectivity index (χ4v) is 1.87. The second kappa shape index (κ2) is 5.62. The quantitative estimate of drug-likeness (QED) is 0.742. The molecule has 4 nitrogen and oxygen atoms in total. The van der Waals surface area contributed by atoms with Crippen molar-refractivity contribution in [2.24, 2.45) is 0 Å². The van der Waals surface area contributed by atoms with Gasteiger partial charge in [0.15, 0.2) is 5.82 Å². The van der Waals surface area contributed by atoms with Crippen molar-refractivity contribution in [1.29, 1.82) is 0 Å². The topological polar surface area (TPSA) is 43.6 Å². The molecule has 6 heteroatoms. The van der Waals surface area contributed by atoms with E-state index in [1.54, 1.807) is 42.5 Å². The number of rotatable bonds is 3. The Labute approximate surface area is 119 Å². The van der Waals surface area contributed by atoms with Crippen LogP contribution in [0.2, 0.25) is 0 Å². The van der Waals surface area contributed by atoms with Crippen LogP contribution in [0, 0.1) is 11.6 Å². The highest BCUT2D eigenvalue weighted by Gasteiger charge is 2.09. The van der Waals surface area contributed by atoms with Crippen LogP contribution in [0.5, 0.6) is 0 Å². The SMILES string of the molecule is Fc1ccccc1/C=C/c1nnnn1-c1ccccc1F. The molecule has 3 rings (SSSR count). The van der Waals surface area contributed by atoms with Crippen molar-refractivity contribution in [3.05, 3.63) is 71.6 Å². The maximum atomic E-state index is 13.8. The molecule has 21 heavy (non-hydrogen) atoms. The fourth-order valence-electron chi connectivity index (χ4n) is 1.87. The summed E-state index contributed by atoms with van der Waals surface area (Å²) in [6, 6.07) is 12.5. The van der Waals surface area contributed by atoms with Crippen LogP contribution in [0.1, 0.15) is 11.4 Å². The third-order valence-electron chi connectivity index (χ3n) is 2.89. The first-order valence-electron chi connectivity index (χ1n) is 6.21. The Morgan fingerprint density at radius 2 is 1.57 bits per heavy atom. The molecule has 0 saturated heterocycles. The van der Waals surface area contributed by atoms with E-state index in [4.69, 9.17) is 0 Å². The van der Waals surface area contributed by atoms with E-state index < -0.39 is 5.82 Å². The summed E-state index contributed by atoms with van der Waals surface area (Å²) in [5.74, 6) is -0.479. The monoisotopic (exact) mass is 284 g/mol. The van der Waals surface area contributed by atoms with Crippen LogP contribution in [0.4, 0.5) is 8.78 Å². The second-order valence-corrected chi connectivity index (χ2v) is 4.26. The van der Waals surface area contributed by atoms with Crippen LogP contribution in [0.25, 0.3) is 17.8 Å². The van der Waals surface area contributed by atoms with Gasteiger partial charge in [-0.25, -0.2) is 8.78 Å². The second-order valence-electron chi connectivity index (χ2n) is 4.26. The summed E-state index contributed by atoms with van der Waals surface area (Å²) in [4.78, 5) is 0. The van der Waals surface area contributed by atoms with Crippen molar-refractivity contribution >= 4 is 12.2 Å². The van der Waals surface area contributed by atoms with E-state index in [2.05, 4.69) is 15.5 Å². The summed E-state index contributed by atoms with van der Waals surface area (Å²) >= 11 is 0. The largest absolute Gasteiger partial charge is 0.206 e. The summed E-state index contributed by atoms with van der Waals surface area (Å²) in [6.07, 6.45) is 3.07. The lowest BCUT2D eigenvalue weighted by Gasteiger charge is -2.02. The van der Waals surface area contributed by atoms with Crippen molar-refractivity contribution in [2.45, 2.75) is 0 Å². The number of halogens is 2. The van der Waals surface area contributed by atoms with Gasteiger partial charge in [0, 0.05) is 5.56 Å². The summed E-state index contributed by atoms with van der Waals surface area (Å²) in [5, 5.41) is 11.1. The molecule has 1 aromatic heterocycles. The lowest BCUT2D eigenvalue weighted by atomic mass is 10.2. The van der Waals surface area contributed by atoms with Gasteiger partial charge in [-0.15, -0.1) is 5.10 Å². The maximum absolute atomic E-state index is 13.8. The summed E-state index contributed by atoms with van der Waals surface area (Å²) in [7, 11) is 0. The lowest BCUT2D eigenvalue weighted by molar-refractivity contribution is 0.606. The van der Waals surface area contributed by atoms with Crippen molar-refractivity contribution in [3.8, 4) is 5.69 Å². The van der Waals surface area contributed by atoms with Gasteiger partial charge < -0.3 is 0 Å². The predicted molar refractivity (Wildman–Crippen MR) is 74.4 cm³/mol. The predicted octanol–water partition coefficient (Wildman–Crippen LogP) is 3.11. The highest BCUT2D eigenvalue weighted by atomic mass is 19.1. The number of benzene rings is 2. The Morgan fingerprint density at radius 1 is 0.857 bits per heavy atom. The fraction of sp³-hybridized carbons (Fsp3) is 0. The average molecular weight is 284 g/mol. The Kier molecular flexibility index (Phi) is 3.51. The van der Waals surface area contributed by atoms with E-state index >= 15 is 0 Å².